The molecule has 0 radical (unpaired) electrons. The Morgan fingerprint density at radius 2 is 2.18 bits per heavy atom. The Hall–Kier alpha value is -2.01. The van der Waals surface area contributed by atoms with Gasteiger partial charge in [0, 0.05) is 0 Å². The Kier molecular flexibility index (Phi) is 5.03. The van der Waals surface area contributed by atoms with Crippen LogP contribution in [0, 0.1) is 0 Å². The molecule has 0 aliphatic carbocycles. The maximum atomic E-state index is 11.0. The lowest BCUT2D eigenvalue weighted by atomic mass is 10.2. The van der Waals surface area contributed by atoms with Crippen molar-refractivity contribution in [2.24, 2.45) is 5.73 Å². The van der Waals surface area contributed by atoms with Crippen molar-refractivity contribution in [2.45, 2.75) is 19.6 Å². The van der Waals surface area contributed by atoms with Gasteiger partial charge in [0.05, 0.1) is 6.04 Å². The zero-order chi connectivity index (χ0) is 12.7. The first-order chi connectivity index (χ1) is 8.15. The number of carboxylic acid groups (broad SMARTS) is 1. The lowest BCUT2D eigenvalue weighted by Crippen LogP contribution is -2.36. The van der Waals surface area contributed by atoms with E-state index < -0.39 is 12.1 Å². The highest BCUT2D eigenvalue weighted by atomic mass is 16.7. The zero-order valence-corrected chi connectivity index (χ0v) is 9.61. The second kappa shape index (κ2) is 6.55. The van der Waals surface area contributed by atoms with Gasteiger partial charge in [-0.2, -0.15) is 5.06 Å². The van der Waals surface area contributed by atoms with Crippen molar-refractivity contribution >= 4 is 6.09 Å². The summed E-state index contributed by atoms with van der Waals surface area (Å²) < 4.78 is 0. The molecule has 5 heteroatoms. The van der Waals surface area contributed by atoms with Gasteiger partial charge < -0.3 is 10.8 Å². The molecule has 0 bridgehead atoms. The van der Waals surface area contributed by atoms with Crippen molar-refractivity contribution in [3.05, 3.63) is 48.2 Å². The van der Waals surface area contributed by atoms with Crippen LogP contribution >= 0.6 is 0 Å². The van der Waals surface area contributed by atoms with Crippen LogP contribution in [0.25, 0.3) is 0 Å². The van der Waals surface area contributed by atoms with Gasteiger partial charge in [-0.15, -0.1) is 0 Å². The lowest BCUT2D eigenvalue weighted by Gasteiger charge is -2.22. The Morgan fingerprint density at radius 1 is 1.53 bits per heavy atom. The fourth-order valence-corrected chi connectivity index (χ4v) is 1.30. The van der Waals surface area contributed by atoms with Gasteiger partial charge in [-0.3, -0.25) is 4.84 Å². The largest absolute Gasteiger partial charge is 0.463 e. The van der Waals surface area contributed by atoms with Gasteiger partial charge in [0.15, 0.2) is 0 Å². The van der Waals surface area contributed by atoms with Crippen LogP contribution in [0.5, 0.6) is 0 Å². The number of carbonyl (C=O) groups is 1. The molecule has 1 aromatic rings. The summed E-state index contributed by atoms with van der Waals surface area (Å²) in [5.41, 5.74) is 6.12. The molecule has 0 aliphatic rings. The fraction of sp³-hybridized carbons (Fsp3) is 0.250. The molecule has 0 heterocycles. The summed E-state index contributed by atoms with van der Waals surface area (Å²) in [6, 6.07) is 8.92. The number of amides is 1. The molecule has 3 N–H and O–H groups in total. The van der Waals surface area contributed by atoms with Crippen molar-refractivity contribution in [1.29, 1.82) is 0 Å². The molecule has 0 aromatic heterocycles. The van der Waals surface area contributed by atoms with Gasteiger partial charge in [0.1, 0.15) is 6.61 Å². The van der Waals surface area contributed by atoms with Crippen molar-refractivity contribution in [1.82, 2.24) is 5.06 Å². The predicted molar refractivity (Wildman–Crippen MR) is 63.9 cm³/mol. The molecule has 1 unspecified atom stereocenters. The Balaban J connectivity index is 2.59. The van der Waals surface area contributed by atoms with E-state index in [2.05, 4.69) is 0 Å². The van der Waals surface area contributed by atoms with E-state index in [1.807, 2.05) is 30.3 Å². The Labute approximate surface area is 100 Å². The number of nitrogens with zero attached hydrogens (tertiary/aromatic N) is 1. The predicted octanol–water partition coefficient (Wildman–Crippen LogP) is 1.96. The number of hydroxylamine groups is 2. The van der Waals surface area contributed by atoms with E-state index in [4.69, 9.17) is 15.7 Å². The quantitative estimate of drug-likeness (QED) is 0.766. The summed E-state index contributed by atoms with van der Waals surface area (Å²) in [5.74, 6) is 0. The van der Waals surface area contributed by atoms with E-state index in [0.29, 0.717) is 0 Å². The first kappa shape index (κ1) is 13.1. The monoisotopic (exact) mass is 236 g/mol. The van der Waals surface area contributed by atoms with Crippen molar-refractivity contribution in [2.75, 3.05) is 0 Å². The third-order valence-corrected chi connectivity index (χ3v) is 2.16. The number of benzene rings is 1. The molecule has 1 amide bonds. The molecule has 17 heavy (non-hydrogen) atoms. The van der Waals surface area contributed by atoms with Crippen LogP contribution in [0.15, 0.2) is 42.6 Å². The highest BCUT2D eigenvalue weighted by molar-refractivity contribution is 5.64. The first-order valence-electron chi connectivity index (χ1n) is 5.22. The topological polar surface area (TPSA) is 75.8 Å². The van der Waals surface area contributed by atoms with E-state index in [1.165, 1.54) is 6.20 Å². The second-order valence-electron chi connectivity index (χ2n) is 3.49. The normalized spacial score (nSPS) is 12.5. The van der Waals surface area contributed by atoms with Gasteiger partial charge in [-0.1, -0.05) is 30.3 Å². The minimum absolute atomic E-state index is 0.204. The lowest BCUT2D eigenvalue weighted by molar-refractivity contribution is -0.153. The van der Waals surface area contributed by atoms with Gasteiger partial charge >= 0.3 is 6.09 Å². The van der Waals surface area contributed by atoms with E-state index >= 15 is 0 Å². The van der Waals surface area contributed by atoms with Crippen LogP contribution in [0.1, 0.15) is 12.5 Å². The molecule has 1 aromatic carbocycles. The summed E-state index contributed by atoms with van der Waals surface area (Å²) in [5, 5.41) is 9.85. The molecule has 0 saturated heterocycles. The molecule has 92 valence electrons. The number of rotatable bonds is 5. The van der Waals surface area contributed by atoms with E-state index in [0.717, 1.165) is 10.6 Å². The maximum Gasteiger partial charge on any atom is 0.432 e. The van der Waals surface area contributed by atoms with Gasteiger partial charge in [-0.25, -0.2) is 4.79 Å². The average molecular weight is 236 g/mol. The SMILES string of the molecule is CC(C=CN)N(OCc1ccccc1)C(=O)O. The third-order valence-electron chi connectivity index (χ3n) is 2.16. The average Bonchev–Trinajstić information content (AvgIpc) is 2.30. The second-order valence-corrected chi connectivity index (χ2v) is 3.49. The number of hydrogen-bond acceptors (Lipinski definition) is 3. The molecular formula is C12H16N2O3. The van der Waals surface area contributed by atoms with Crippen LogP contribution in [0.3, 0.4) is 0 Å². The Bertz CT molecular complexity index is 379. The smallest absolute Gasteiger partial charge is 0.432 e. The van der Waals surface area contributed by atoms with E-state index in [1.54, 1.807) is 13.0 Å². The molecule has 5 nitrogen and oxygen atoms in total. The fourth-order valence-electron chi connectivity index (χ4n) is 1.30. The minimum atomic E-state index is -1.15. The highest BCUT2D eigenvalue weighted by Gasteiger charge is 2.18. The van der Waals surface area contributed by atoms with Gasteiger partial charge in [0.25, 0.3) is 0 Å². The molecule has 0 spiro atoms. The van der Waals surface area contributed by atoms with Gasteiger partial charge in [0.2, 0.25) is 0 Å². The van der Waals surface area contributed by atoms with Crippen LogP contribution in [-0.4, -0.2) is 22.3 Å². The van der Waals surface area contributed by atoms with Crippen molar-refractivity contribution < 1.29 is 14.7 Å². The highest BCUT2D eigenvalue weighted by Crippen LogP contribution is 2.07. The van der Waals surface area contributed by atoms with Crippen LogP contribution in [-0.2, 0) is 11.4 Å². The van der Waals surface area contributed by atoms with Crippen LogP contribution in [0.4, 0.5) is 4.79 Å². The molecular weight excluding hydrogens is 220 g/mol. The first-order valence-corrected chi connectivity index (χ1v) is 5.22. The molecule has 0 aliphatic heterocycles. The van der Waals surface area contributed by atoms with E-state index in [-0.39, 0.29) is 6.61 Å². The van der Waals surface area contributed by atoms with Gasteiger partial charge in [-0.05, 0) is 24.8 Å². The minimum Gasteiger partial charge on any atom is -0.463 e. The summed E-state index contributed by atoms with van der Waals surface area (Å²) in [7, 11) is 0. The number of nitrogens with two attached hydrogens (primary N) is 1. The molecule has 0 fully saturated rings. The molecule has 1 atom stereocenters. The Morgan fingerprint density at radius 3 is 2.71 bits per heavy atom. The molecule has 1 rings (SSSR count). The maximum absolute atomic E-state index is 11.0. The standard InChI is InChI=1S/C12H16N2O3/c1-10(7-8-13)14(12(15)16)17-9-11-5-3-2-4-6-11/h2-8,10H,9,13H2,1H3,(H,15,16). The summed E-state index contributed by atoms with van der Waals surface area (Å²) >= 11 is 0. The number of hydrogen-bond donors (Lipinski definition) is 2. The summed E-state index contributed by atoms with van der Waals surface area (Å²) in [4.78, 5) is 16.2. The summed E-state index contributed by atoms with van der Waals surface area (Å²) in [6.45, 7) is 1.89. The summed E-state index contributed by atoms with van der Waals surface area (Å²) in [6.07, 6.45) is 1.69. The van der Waals surface area contributed by atoms with E-state index in [9.17, 15) is 4.79 Å². The zero-order valence-electron chi connectivity index (χ0n) is 9.61. The van der Waals surface area contributed by atoms with Crippen molar-refractivity contribution in [3.63, 3.8) is 0 Å². The molecule has 0 saturated carbocycles. The van der Waals surface area contributed by atoms with Crippen LogP contribution < -0.4 is 5.73 Å². The third kappa shape index (κ3) is 4.16. The van der Waals surface area contributed by atoms with Crippen molar-refractivity contribution in [3.8, 4) is 0 Å². The van der Waals surface area contributed by atoms with Crippen LogP contribution in [0.2, 0.25) is 0 Å².